The summed E-state index contributed by atoms with van der Waals surface area (Å²) in [5, 5.41) is 21.7. The number of rotatable bonds is 4. The largest absolute Gasteiger partial charge is 0.508 e. The number of hydrogen-bond donors (Lipinski definition) is 3. The summed E-state index contributed by atoms with van der Waals surface area (Å²) in [6, 6.07) is 11.9. The zero-order valence-electron chi connectivity index (χ0n) is 16.0. The van der Waals surface area contributed by atoms with Gasteiger partial charge in [0.1, 0.15) is 23.9 Å². The number of nitrogens with one attached hydrogen (secondary N) is 1. The molecule has 0 spiro atoms. The van der Waals surface area contributed by atoms with Gasteiger partial charge in [0.25, 0.3) is 5.91 Å². The summed E-state index contributed by atoms with van der Waals surface area (Å²) in [6.07, 6.45) is 0. The van der Waals surface area contributed by atoms with Crippen LogP contribution in [-0.4, -0.2) is 27.7 Å². The number of aliphatic hydroxyl groups excluding tert-OH is 1. The van der Waals surface area contributed by atoms with Crippen molar-refractivity contribution in [2.45, 2.75) is 13.0 Å². The highest BCUT2D eigenvalue weighted by atomic mass is 19.1. The van der Waals surface area contributed by atoms with Crippen LogP contribution in [0.5, 0.6) is 5.75 Å². The number of carbonyl (C=O) groups is 1. The number of phenols is 1. The van der Waals surface area contributed by atoms with Gasteiger partial charge in [0.15, 0.2) is 0 Å². The molecule has 7 heteroatoms. The standard InChI is InChI=1S/C23H18F2N2O3/c1-14-4-6-16(7-5-14)22(18-13-17(24)8-9-20(18)29)27-23(30)19-11-15(3-2-10-28)12-21(25)26-19/h4-9,11-13,22,28-29H,10H2,1H3,(H,27,30). The lowest BCUT2D eigenvalue weighted by Crippen LogP contribution is -2.30. The molecule has 1 heterocycles. The van der Waals surface area contributed by atoms with Crippen LogP contribution in [0.2, 0.25) is 0 Å². The third-order valence-electron chi connectivity index (χ3n) is 4.33. The summed E-state index contributed by atoms with van der Waals surface area (Å²) < 4.78 is 27.7. The number of phenolic OH excluding ortho intramolecular Hbond substituents is 1. The second-order valence-corrected chi connectivity index (χ2v) is 6.54. The minimum atomic E-state index is -0.912. The van der Waals surface area contributed by atoms with Crippen LogP contribution in [0.1, 0.15) is 38.8 Å². The number of pyridine rings is 1. The quantitative estimate of drug-likeness (QED) is 0.457. The molecule has 5 nitrogen and oxygen atoms in total. The van der Waals surface area contributed by atoms with E-state index in [1.165, 1.54) is 12.1 Å². The number of halogens is 2. The van der Waals surface area contributed by atoms with E-state index < -0.39 is 30.3 Å². The lowest BCUT2D eigenvalue weighted by atomic mass is 9.96. The maximum absolute atomic E-state index is 13.9. The number of hydrogen-bond acceptors (Lipinski definition) is 4. The fourth-order valence-corrected chi connectivity index (χ4v) is 2.89. The van der Waals surface area contributed by atoms with Gasteiger partial charge in [-0.25, -0.2) is 9.37 Å². The molecule has 0 aliphatic carbocycles. The van der Waals surface area contributed by atoms with Crippen molar-refractivity contribution < 1.29 is 23.8 Å². The minimum absolute atomic E-state index is 0.143. The third kappa shape index (κ3) is 4.99. The number of aromatic nitrogens is 1. The first kappa shape index (κ1) is 21.0. The van der Waals surface area contributed by atoms with Crippen LogP contribution in [0.3, 0.4) is 0 Å². The molecule has 30 heavy (non-hydrogen) atoms. The van der Waals surface area contributed by atoms with E-state index in [4.69, 9.17) is 5.11 Å². The molecule has 0 bridgehead atoms. The van der Waals surface area contributed by atoms with Crippen LogP contribution in [0.15, 0.2) is 54.6 Å². The highest BCUT2D eigenvalue weighted by molar-refractivity contribution is 5.93. The molecule has 0 radical (unpaired) electrons. The monoisotopic (exact) mass is 408 g/mol. The molecule has 1 unspecified atom stereocenters. The van der Waals surface area contributed by atoms with E-state index in [-0.39, 0.29) is 22.6 Å². The van der Waals surface area contributed by atoms with Crippen molar-refractivity contribution in [1.82, 2.24) is 10.3 Å². The Balaban J connectivity index is 2.01. The van der Waals surface area contributed by atoms with Crippen LogP contribution in [0.25, 0.3) is 0 Å². The highest BCUT2D eigenvalue weighted by Gasteiger charge is 2.22. The molecule has 0 aliphatic rings. The molecule has 3 aromatic rings. The molecule has 1 atom stereocenters. The SMILES string of the molecule is Cc1ccc(C(NC(=O)c2cc(C#CCO)cc(F)n2)c2cc(F)ccc2O)cc1. The fourth-order valence-electron chi connectivity index (χ4n) is 2.89. The van der Waals surface area contributed by atoms with E-state index >= 15 is 0 Å². The predicted octanol–water partition coefficient (Wildman–Crippen LogP) is 3.24. The van der Waals surface area contributed by atoms with E-state index in [1.807, 2.05) is 19.1 Å². The van der Waals surface area contributed by atoms with Crippen molar-refractivity contribution in [3.05, 3.63) is 94.3 Å². The van der Waals surface area contributed by atoms with Crippen molar-refractivity contribution in [3.63, 3.8) is 0 Å². The predicted molar refractivity (Wildman–Crippen MR) is 107 cm³/mol. The van der Waals surface area contributed by atoms with Crippen molar-refractivity contribution in [2.24, 2.45) is 0 Å². The Bertz CT molecular complexity index is 1140. The van der Waals surface area contributed by atoms with Crippen molar-refractivity contribution in [2.75, 3.05) is 6.61 Å². The van der Waals surface area contributed by atoms with E-state index in [0.29, 0.717) is 5.56 Å². The fraction of sp³-hybridized carbons (Fsp3) is 0.130. The number of aliphatic hydroxyl groups is 1. The summed E-state index contributed by atoms with van der Waals surface area (Å²) in [7, 11) is 0. The normalized spacial score (nSPS) is 11.3. The smallest absolute Gasteiger partial charge is 0.270 e. The molecule has 2 aromatic carbocycles. The molecule has 0 saturated heterocycles. The van der Waals surface area contributed by atoms with Gasteiger partial charge < -0.3 is 15.5 Å². The number of carbonyl (C=O) groups excluding carboxylic acids is 1. The number of aromatic hydroxyl groups is 1. The van der Waals surface area contributed by atoms with Crippen LogP contribution >= 0.6 is 0 Å². The molecule has 1 amide bonds. The van der Waals surface area contributed by atoms with Gasteiger partial charge in [0.2, 0.25) is 5.95 Å². The van der Waals surface area contributed by atoms with E-state index in [1.54, 1.807) is 12.1 Å². The van der Waals surface area contributed by atoms with Crippen molar-refractivity contribution in [1.29, 1.82) is 0 Å². The lowest BCUT2D eigenvalue weighted by molar-refractivity contribution is 0.0936. The zero-order valence-corrected chi connectivity index (χ0v) is 16.0. The van der Waals surface area contributed by atoms with Gasteiger partial charge in [-0.2, -0.15) is 4.39 Å². The molecule has 3 N–H and O–H groups in total. The first-order valence-electron chi connectivity index (χ1n) is 9.00. The number of aryl methyl sites for hydroxylation is 1. The van der Waals surface area contributed by atoms with E-state index in [2.05, 4.69) is 22.1 Å². The summed E-state index contributed by atoms with van der Waals surface area (Å²) in [5.41, 5.74) is 1.63. The van der Waals surface area contributed by atoms with Gasteiger partial charge >= 0.3 is 0 Å². The topological polar surface area (TPSA) is 82.5 Å². The average molecular weight is 408 g/mol. The summed E-state index contributed by atoms with van der Waals surface area (Å²) >= 11 is 0. The Labute approximate surface area is 172 Å². The molecular weight excluding hydrogens is 390 g/mol. The Morgan fingerprint density at radius 3 is 2.57 bits per heavy atom. The molecule has 0 aliphatic heterocycles. The molecule has 152 valence electrons. The van der Waals surface area contributed by atoms with E-state index in [0.717, 1.165) is 23.8 Å². The van der Waals surface area contributed by atoms with Crippen LogP contribution in [0, 0.1) is 30.5 Å². The first-order chi connectivity index (χ1) is 14.4. The van der Waals surface area contributed by atoms with Crippen LogP contribution < -0.4 is 5.32 Å². The third-order valence-corrected chi connectivity index (χ3v) is 4.33. The summed E-state index contributed by atoms with van der Waals surface area (Å²) in [4.78, 5) is 16.4. The minimum Gasteiger partial charge on any atom is -0.508 e. The lowest BCUT2D eigenvalue weighted by Gasteiger charge is -2.21. The number of nitrogens with zero attached hydrogens (tertiary/aromatic N) is 1. The number of benzene rings is 2. The second-order valence-electron chi connectivity index (χ2n) is 6.54. The average Bonchev–Trinajstić information content (AvgIpc) is 2.72. The summed E-state index contributed by atoms with van der Waals surface area (Å²) in [5.74, 6) is 2.45. The van der Waals surface area contributed by atoms with Gasteiger partial charge in [-0.3, -0.25) is 4.79 Å². The molecule has 0 fully saturated rings. The maximum atomic E-state index is 13.9. The second kappa shape index (κ2) is 9.16. The Hall–Kier alpha value is -3.76. The summed E-state index contributed by atoms with van der Waals surface area (Å²) in [6.45, 7) is 1.47. The molecule has 0 saturated carbocycles. The Morgan fingerprint density at radius 1 is 1.13 bits per heavy atom. The van der Waals surface area contributed by atoms with Crippen molar-refractivity contribution >= 4 is 5.91 Å². The van der Waals surface area contributed by atoms with Gasteiger partial charge in [-0.15, -0.1) is 0 Å². The van der Waals surface area contributed by atoms with Crippen LogP contribution in [-0.2, 0) is 0 Å². The zero-order chi connectivity index (χ0) is 21.7. The Kier molecular flexibility index (Phi) is 6.40. The Morgan fingerprint density at radius 2 is 1.87 bits per heavy atom. The highest BCUT2D eigenvalue weighted by Crippen LogP contribution is 2.30. The van der Waals surface area contributed by atoms with Crippen LogP contribution in [0.4, 0.5) is 8.78 Å². The number of amides is 1. The maximum Gasteiger partial charge on any atom is 0.270 e. The van der Waals surface area contributed by atoms with Gasteiger partial charge in [0.05, 0.1) is 6.04 Å². The van der Waals surface area contributed by atoms with Gasteiger partial charge in [-0.1, -0.05) is 41.7 Å². The van der Waals surface area contributed by atoms with E-state index in [9.17, 15) is 18.7 Å². The van der Waals surface area contributed by atoms with Gasteiger partial charge in [-0.05, 0) is 36.8 Å². The molecule has 3 rings (SSSR count). The first-order valence-corrected chi connectivity index (χ1v) is 9.00. The molecule has 1 aromatic heterocycles. The van der Waals surface area contributed by atoms with Gasteiger partial charge in [0, 0.05) is 17.2 Å². The van der Waals surface area contributed by atoms with Crippen molar-refractivity contribution in [3.8, 4) is 17.6 Å². The molecular formula is C23H18F2N2O3.